The first kappa shape index (κ1) is 17.2. The van der Waals surface area contributed by atoms with Gasteiger partial charge in [-0.3, -0.25) is 14.4 Å². The van der Waals surface area contributed by atoms with Gasteiger partial charge in [0.1, 0.15) is 5.76 Å². The summed E-state index contributed by atoms with van der Waals surface area (Å²) in [5.41, 5.74) is 4.53. The van der Waals surface area contributed by atoms with Crippen LogP contribution in [0.15, 0.2) is 4.52 Å². The number of aryl methyl sites for hydroxylation is 4. The Morgan fingerprint density at radius 2 is 1.96 bits per heavy atom. The van der Waals surface area contributed by atoms with E-state index in [-0.39, 0.29) is 5.91 Å². The second kappa shape index (κ2) is 6.95. The lowest BCUT2D eigenvalue weighted by atomic mass is 10.2. The normalized spacial score (nSPS) is 11.3. The van der Waals surface area contributed by atoms with E-state index >= 15 is 0 Å². The van der Waals surface area contributed by atoms with Crippen molar-refractivity contribution >= 4 is 11.6 Å². The maximum atomic E-state index is 12.3. The molecule has 0 radical (unpaired) electrons. The molecule has 0 aliphatic heterocycles. The summed E-state index contributed by atoms with van der Waals surface area (Å²) < 4.78 is 7.04. The van der Waals surface area contributed by atoms with Gasteiger partial charge in [-0.2, -0.15) is 5.10 Å². The number of nitrogens with one attached hydrogen (secondary N) is 1. The number of nitrogens with zero attached hydrogens (tertiary/aromatic N) is 4. The highest BCUT2D eigenvalue weighted by molar-refractivity contribution is 5.93. The molecule has 0 saturated heterocycles. The molecule has 0 fully saturated rings. The second-order valence-corrected chi connectivity index (χ2v) is 5.88. The molecule has 1 amide bonds. The van der Waals surface area contributed by atoms with Crippen molar-refractivity contribution in [3.8, 4) is 0 Å². The van der Waals surface area contributed by atoms with E-state index in [0.29, 0.717) is 13.1 Å². The molecule has 0 spiro atoms. The van der Waals surface area contributed by atoms with Crippen LogP contribution in [0.4, 0.5) is 5.69 Å². The molecular formula is C16H25N5O2. The number of likely N-dealkylation sites (N-methyl/N-ethyl adjacent to an activating group) is 1. The van der Waals surface area contributed by atoms with E-state index in [1.165, 1.54) is 0 Å². The van der Waals surface area contributed by atoms with E-state index in [0.717, 1.165) is 40.6 Å². The summed E-state index contributed by atoms with van der Waals surface area (Å²) in [6.07, 6.45) is 0. The van der Waals surface area contributed by atoms with Gasteiger partial charge in [0, 0.05) is 18.7 Å². The molecule has 0 aromatic carbocycles. The molecular weight excluding hydrogens is 294 g/mol. The molecule has 0 aliphatic carbocycles. The molecule has 2 rings (SSSR count). The van der Waals surface area contributed by atoms with Crippen LogP contribution < -0.4 is 5.32 Å². The smallest absolute Gasteiger partial charge is 0.238 e. The standard InChI is InChI=1S/C16H25N5O2/c1-7-21-12(4)16(11(3)18-21)17-15(22)9-20(6)8-14-10(2)19-23-13(14)5/h7-9H2,1-6H3,(H,17,22). The van der Waals surface area contributed by atoms with Crippen molar-refractivity contribution in [1.29, 1.82) is 0 Å². The number of rotatable bonds is 6. The zero-order valence-corrected chi connectivity index (χ0v) is 14.7. The van der Waals surface area contributed by atoms with Crippen LogP contribution in [0.2, 0.25) is 0 Å². The minimum Gasteiger partial charge on any atom is -0.361 e. The number of carbonyl (C=O) groups excluding carboxylic acids is 1. The highest BCUT2D eigenvalue weighted by Gasteiger charge is 2.16. The Hall–Kier alpha value is -2.15. The Balaban J connectivity index is 1.98. The largest absolute Gasteiger partial charge is 0.361 e. The monoisotopic (exact) mass is 319 g/mol. The fourth-order valence-corrected chi connectivity index (χ4v) is 2.66. The summed E-state index contributed by atoms with van der Waals surface area (Å²) in [7, 11) is 1.90. The summed E-state index contributed by atoms with van der Waals surface area (Å²) in [5.74, 6) is 0.742. The highest BCUT2D eigenvalue weighted by atomic mass is 16.5. The van der Waals surface area contributed by atoms with Gasteiger partial charge in [0.2, 0.25) is 5.91 Å². The molecule has 0 saturated carbocycles. The molecule has 2 aromatic rings. The lowest BCUT2D eigenvalue weighted by Crippen LogP contribution is -2.30. The predicted octanol–water partition coefficient (Wildman–Crippen LogP) is 2.20. The van der Waals surface area contributed by atoms with Crippen LogP contribution in [0.3, 0.4) is 0 Å². The van der Waals surface area contributed by atoms with Crippen LogP contribution in [0.5, 0.6) is 0 Å². The van der Waals surface area contributed by atoms with Gasteiger partial charge < -0.3 is 9.84 Å². The van der Waals surface area contributed by atoms with Gasteiger partial charge in [-0.05, 0) is 41.7 Å². The Morgan fingerprint density at radius 3 is 2.48 bits per heavy atom. The number of hydrogen-bond acceptors (Lipinski definition) is 5. The van der Waals surface area contributed by atoms with Crippen LogP contribution >= 0.6 is 0 Å². The van der Waals surface area contributed by atoms with Crippen molar-refractivity contribution in [2.45, 2.75) is 47.7 Å². The Bertz CT molecular complexity index is 682. The van der Waals surface area contributed by atoms with Crippen molar-refractivity contribution in [3.05, 3.63) is 28.4 Å². The SMILES string of the molecule is CCn1nc(C)c(NC(=O)CN(C)Cc2c(C)noc2C)c1C. The van der Waals surface area contributed by atoms with E-state index in [2.05, 4.69) is 15.6 Å². The third kappa shape index (κ3) is 3.79. The maximum absolute atomic E-state index is 12.3. The van der Waals surface area contributed by atoms with Crippen LogP contribution in [0.25, 0.3) is 0 Å². The number of hydrogen-bond donors (Lipinski definition) is 1. The first-order valence-electron chi connectivity index (χ1n) is 7.77. The van der Waals surface area contributed by atoms with E-state index in [1.807, 2.05) is 51.2 Å². The number of carbonyl (C=O) groups is 1. The quantitative estimate of drug-likeness (QED) is 0.883. The topological polar surface area (TPSA) is 76.2 Å². The first-order valence-corrected chi connectivity index (χ1v) is 7.77. The van der Waals surface area contributed by atoms with Crippen molar-refractivity contribution < 1.29 is 9.32 Å². The molecule has 2 aromatic heterocycles. The predicted molar refractivity (Wildman–Crippen MR) is 88.3 cm³/mol. The number of amides is 1. The van der Waals surface area contributed by atoms with Gasteiger partial charge >= 0.3 is 0 Å². The van der Waals surface area contributed by atoms with Crippen LogP contribution in [0.1, 0.15) is 35.3 Å². The molecule has 0 unspecified atom stereocenters. The molecule has 0 bridgehead atoms. The molecule has 7 heteroatoms. The zero-order chi connectivity index (χ0) is 17.1. The van der Waals surface area contributed by atoms with Gasteiger partial charge in [-0.25, -0.2) is 0 Å². The summed E-state index contributed by atoms with van der Waals surface area (Å²) in [6.45, 7) is 11.4. The Morgan fingerprint density at radius 1 is 1.26 bits per heavy atom. The van der Waals surface area contributed by atoms with Gasteiger partial charge in [-0.1, -0.05) is 5.16 Å². The summed E-state index contributed by atoms with van der Waals surface area (Å²) in [6, 6.07) is 0. The van der Waals surface area contributed by atoms with Gasteiger partial charge in [0.25, 0.3) is 0 Å². The van der Waals surface area contributed by atoms with E-state index in [1.54, 1.807) is 0 Å². The van der Waals surface area contributed by atoms with Crippen LogP contribution in [-0.2, 0) is 17.9 Å². The molecule has 23 heavy (non-hydrogen) atoms. The summed E-state index contributed by atoms with van der Waals surface area (Å²) in [4.78, 5) is 14.2. The van der Waals surface area contributed by atoms with Crippen LogP contribution in [-0.4, -0.2) is 39.3 Å². The summed E-state index contributed by atoms with van der Waals surface area (Å²) >= 11 is 0. The Labute approximate surface area is 136 Å². The molecule has 1 N–H and O–H groups in total. The molecule has 7 nitrogen and oxygen atoms in total. The summed E-state index contributed by atoms with van der Waals surface area (Å²) in [5, 5.41) is 11.3. The zero-order valence-electron chi connectivity index (χ0n) is 14.7. The van der Waals surface area contributed by atoms with Gasteiger partial charge in [0.05, 0.1) is 29.3 Å². The minimum absolute atomic E-state index is 0.0545. The van der Waals surface area contributed by atoms with Crippen molar-refractivity contribution in [2.24, 2.45) is 0 Å². The fraction of sp³-hybridized carbons (Fsp3) is 0.562. The van der Waals surface area contributed by atoms with Gasteiger partial charge in [-0.15, -0.1) is 0 Å². The van der Waals surface area contributed by atoms with E-state index in [4.69, 9.17) is 4.52 Å². The van der Waals surface area contributed by atoms with E-state index < -0.39 is 0 Å². The Kier molecular flexibility index (Phi) is 5.20. The van der Waals surface area contributed by atoms with Crippen molar-refractivity contribution in [2.75, 3.05) is 18.9 Å². The van der Waals surface area contributed by atoms with Crippen LogP contribution in [0, 0.1) is 27.7 Å². The molecule has 0 aliphatic rings. The number of aromatic nitrogens is 3. The third-order valence-electron chi connectivity index (χ3n) is 3.97. The lowest BCUT2D eigenvalue weighted by molar-refractivity contribution is -0.117. The van der Waals surface area contributed by atoms with Gasteiger partial charge in [0.15, 0.2) is 0 Å². The second-order valence-electron chi connectivity index (χ2n) is 5.88. The van der Waals surface area contributed by atoms with Crippen molar-refractivity contribution in [3.63, 3.8) is 0 Å². The molecule has 126 valence electrons. The minimum atomic E-state index is -0.0545. The fourth-order valence-electron chi connectivity index (χ4n) is 2.66. The maximum Gasteiger partial charge on any atom is 0.238 e. The third-order valence-corrected chi connectivity index (χ3v) is 3.97. The van der Waals surface area contributed by atoms with Crippen molar-refractivity contribution in [1.82, 2.24) is 19.8 Å². The lowest BCUT2D eigenvalue weighted by Gasteiger charge is -2.16. The van der Waals surface area contributed by atoms with E-state index in [9.17, 15) is 4.79 Å². The molecule has 2 heterocycles. The average molecular weight is 319 g/mol. The first-order chi connectivity index (χ1) is 10.8. The molecule has 0 atom stereocenters. The highest BCUT2D eigenvalue weighted by Crippen LogP contribution is 2.19. The number of anilines is 1. The average Bonchev–Trinajstić information content (AvgIpc) is 2.94.